The fourth-order valence-corrected chi connectivity index (χ4v) is 3.91. The van der Waals surface area contributed by atoms with Crippen molar-refractivity contribution in [3.05, 3.63) is 89.6 Å². The molecule has 4 aromatic rings. The summed E-state index contributed by atoms with van der Waals surface area (Å²) in [6.07, 6.45) is 0.104. The summed E-state index contributed by atoms with van der Waals surface area (Å²) in [5, 5.41) is 11.1. The Morgan fingerprint density at radius 3 is 2.43 bits per heavy atom. The summed E-state index contributed by atoms with van der Waals surface area (Å²) in [5.41, 5.74) is 11.6. The van der Waals surface area contributed by atoms with Crippen LogP contribution in [0.2, 0.25) is 0 Å². The van der Waals surface area contributed by atoms with Crippen molar-refractivity contribution in [3.63, 3.8) is 0 Å². The molecular weight excluding hydrogens is 348 g/mol. The van der Waals surface area contributed by atoms with Gasteiger partial charge in [-0.05, 0) is 41.3 Å². The first-order valence-electron chi connectivity index (χ1n) is 9.27. The number of phenols is 1. The molecule has 0 spiro atoms. The van der Waals surface area contributed by atoms with Crippen molar-refractivity contribution < 1.29 is 9.90 Å². The maximum atomic E-state index is 11.6. The van der Waals surface area contributed by atoms with Crippen molar-refractivity contribution in [1.29, 1.82) is 0 Å². The number of hydrogen-bond acceptors (Lipinski definition) is 2. The van der Waals surface area contributed by atoms with E-state index in [0.717, 1.165) is 22.3 Å². The summed E-state index contributed by atoms with van der Waals surface area (Å²) in [6, 6.07) is 24.0. The molecule has 4 rings (SSSR count). The van der Waals surface area contributed by atoms with Gasteiger partial charge in [0, 0.05) is 17.6 Å². The standard InChI is InChI=1S/C24H22N2O2/c1-16-20(14-23(25)28)24-21(12-7-13-22(24)27)26(16)15-18-10-5-6-11-19(18)17-8-3-2-4-9-17/h2-13,27H,14-15H2,1H3,(H2,25,28). The molecule has 3 N–H and O–H groups in total. The number of primary amides is 1. The van der Waals surface area contributed by atoms with Crippen molar-refractivity contribution in [2.45, 2.75) is 19.9 Å². The predicted molar refractivity (Wildman–Crippen MR) is 112 cm³/mol. The molecule has 0 saturated carbocycles. The Labute approximate surface area is 163 Å². The number of amides is 1. The molecule has 1 aromatic heterocycles. The Balaban J connectivity index is 1.88. The number of carbonyl (C=O) groups excluding carboxylic acids is 1. The quantitative estimate of drug-likeness (QED) is 0.547. The van der Waals surface area contributed by atoms with Gasteiger partial charge in [-0.3, -0.25) is 4.79 Å². The van der Waals surface area contributed by atoms with Gasteiger partial charge in [0.2, 0.25) is 5.91 Å². The summed E-state index contributed by atoms with van der Waals surface area (Å²) < 4.78 is 2.15. The molecule has 0 fully saturated rings. The molecule has 4 nitrogen and oxygen atoms in total. The van der Waals surface area contributed by atoms with Gasteiger partial charge < -0.3 is 15.4 Å². The maximum absolute atomic E-state index is 11.6. The number of aromatic nitrogens is 1. The van der Waals surface area contributed by atoms with Crippen LogP contribution in [-0.4, -0.2) is 15.6 Å². The van der Waals surface area contributed by atoms with E-state index >= 15 is 0 Å². The molecule has 0 aliphatic heterocycles. The third kappa shape index (κ3) is 3.14. The minimum Gasteiger partial charge on any atom is -0.507 e. The summed E-state index contributed by atoms with van der Waals surface area (Å²) in [5.74, 6) is -0.234. The van der Waals surface area contributed by atoms with Gasteiger partial charge in [-0.25, -0.2) is 0 Å². The molecule has 1 heterocycles. The first-order chi connectivity index (χ1) is 13.6. The van der Waals surface area contributed by atoms with E-state index in [9.17, 15) is 9.90 Å². The summed E-state index contributed by atoms with van der Waals surface area (Å²) >= 11 is 0. The van der Waals surface area contributed by atoms with Crippen LogP contribution in [0.5, 0.6) is 5.75 Å². The van der Waals surface area contributed by atoms with Crippen LogP contribution in [0.15, 0.2) is 72.8 Å². The van der Waals surface area contributed by atoms with E-state index in [1.165, 1.54) is 11.1 Å². The van der Waals surface area contributed by atoms with Crippen LogP contribution in [-0.2, 0) is 17.8 Å². The highest BCUT2D eigenvalue weighted by Crippen LogP contribution is 2.34. The molecule has 28 heavy (non-hydrogen) atoms. The van der Waals surface area contributed by atoms with E-state index in [0.29, 0.717) is 11.9 Å². The summed E-state index contributed by atoms with van der Waals surface area (Å²) in [6.45, 7) is 2.61. The van der Waals surface area contributed by atoms with Crippen LogP contribution in [0.25, 0.3) is 22.0 Å². The van der Waals surface area contributed by atoms with Gasteiger partial charge in [0.1, 0.15) is 5.75 Å². The van der Waals surface area contributed by atoms with Crippen LogP contribution in [0.4, 0.5) is 0 Å². The third-order valence-corrected chi connectivity index (χ3v) is 5.24. The number of hydrogen-bond donors (Lipinski definition) is 2. The Kier molecular flexibility index (Phi) is 4.62. The number of benzene rings is 3. The van der Waals surface area contributed by atoms with Crippen LogP contribution in [0.1, 0.15) is 16.8 Å². The van der Waals surface area contributed by atoms with Crippen molar-refractivity contribution in [1.82, 2.24) is 4.57 Å². The normalized spacial score (nSPS) is 11.0. The van der Waals surface area contributed by atoms with Crippen LogP contribution in [0, 0.1) is 6.92 Å². The van der Waals surface area contributed by atoms with Gasteiger partial charge in [-0.1, -0.05) is 60.7 Å². The largest absolute Gasteiger partial charge is 0.507 e. The number of nitrogens with two attached hydrogens (primary N) is 1. The second-order valence-electron chi connectivity index (χ2n) is 6.99. The Morgan fingerprint density at radius 2 is 1.68 bits per heavy atom. The summed E-state index contributed by atoms with van der Waals surface area (Å²) in [7, 11) is 0. The molecule has 140 valence electrons. The lowest BCUT2D eigenvalue weighted by atomic mass is 9.99. The van der Waals surface area contributed by atoms with Gasteiger partial charge in [-0.2, -0.15) is 0 Å². The zero-order chi connectivity index (χ0) is 19.7. The zero-order valence-corrected chi connectivity index (χ0v) is 15.7. The Bertz CT molecular complexity index is 1160. The average Bonchev–Trinajstić information content (AvgIpc) is 2.95. The topological polar surface area (TPSA) is 68.2 Å². The zero-order valence-electron chi connectivity index (χ0n) is 15.7. The highest BCUT2D eigenvalue weighted by molar-refractivity contribution is 5.94. The van der Waals surface area contributed by atoms with E-state index in [4.69, 9.17) is 5.73 Å². The predicted octanol–water partition coefficient (Wildman–Crippen LogP) is 4.40. The minimum absolute atomic E-state index is 0.104. The van der Waals surface area contributed by atoms with E-state index in [-0.39, 0.29) is 12.2 Å². The second kappa shape index (κ2) is 7.24. The van der Waals surface area contributed by atoms with Crippen LogP contribution >= 0.6 is 0 Å². The lowest BCUT2D eigenvalue weighted by Gasteiger charge is -2.14. The van der Waals surface area contributed by atoms with Crippen LogP contribution in [0.3, 0.4) is 0 Å². The fraction of sp³-hybridized carbons (Fsp3) is 0.125. The number of fused-ring (bicyclic) bond motifs is 1. The Morgan fingerprint density at radius 1 is 0.964 bits per heavy atom. The molecule has 0 saturated heterocycles. The molecule has 1 amide bonds. The van der Waals surface area contributed by atoms with Gasteiger partial charge in [0.05, 0.1) is 11.9 Å². The SMILES string of the molecule is Cc1c(CC(N)=O)c2c(O)cccc2n1Cc1ccccc1-c1ccccc1. The number of carbonyl (C=O) groups is 1. The molecule has 0 aliphatic rings. The van der Waals surface area contributed by atoms with Crippen molar-refractivity contribution in [3.8, 4) is 16.9 Å². The molecule has 0 unspecified atom stereocenters. The summed E-state index contributed by atoms with van der Waals surface area (Å²) in [4.78, 5) is 11.6. The molecule has 0 atom stereocenters. The molecular formula is C24H22N2O2. The molecule has 3 aromatic carbocycles. The molecule has 4 heteroatoms. The maximum Gasteiger partial charge on any atom is 0.221 e. The van der Waals surface area contributed by atoms with Crippen molar-refractivity contribution in [2.75, 3.05) is 0 Å². The number of aromatic hydroxyl groups is 1. The average molecular weight is 370 g/mol. The lowest BCUT2D eigenvalue weighted by Crippen LogP contribution is -2.14. The Hall–Kier alpha value is -3.53. The van der Waals surface area contributed by atoms with E-state index in [2.05, 4.69) is 28.8 Å². The molecule has 0 radical (unpaired) electrons. The fourth-order valence-electron chi connectivity index (χ4n) is 3.91. The van der Waals surface area contributed by atoms with E-state index < -0.39 is 5.91 Å². The van der Waals surface area contributed by atoms with E-state index in [1.807, 2.05) is 49.4 Å². The first kappa shape index (κ1) is 17.9. The van der Waals surface area contributed by atoms with Crippen LogP contribution < -0.4 is 5.73 Å². The molecule has 0 bridgehead atoms. The molecule has 0 aliphatic carbocycles. The number of phenolic OH excluding ortho intramolecular Hbond substituents is 1. The smallest absolute Gasteiger partial charge is 0.221 e. The van der Waals surface area contributed by atoms with Crippen molar-refractivity contribution >= 4 is 16.8 Å². The lowest BCUT2D eigenvalue weighted by molar-refractivity contribution is -0.117. The van der Waals surface area contributed by atoms with Gasteiger partial charge >= 0.3 is 0 Å². The highest BCUT2D eigenvalue weighted by Gasteiger charge is 2.19. The van der Waals surface area contributed by atoms with Crippen molar-refractivity contribution in [2.24, 2.45) is 5.73 Å². The van der Waals surface area contributed by atoms with Gasteiger partial charge in [-0.15, -0.1) is 0 Å². The third-order valence-electron chi connectivity index (χ3n) is 5.24. The minimum atomic E-state index is -0.407. The van der Waals surface area contributed by atoms with Gasteiger partial charge in [0.25, 0.3) is 0 Å². The first-order valence-corrected chi connectivity index (χ1v) is 9.27. The monoisotopic (exact) mass is 370 g/mol. The van der Waals surface area contributed by atoms with E-state index in [1.54, 1.807) is 6.07 Å². The van der Waals surface area contributed by atoms with Gasteiger partial charge in [0.15, 0.2) is 0 Å². The highest BCUT2D eigenvalue weighted by atomic mass is 16.3. The second-order valence-corrected chi connectivity index (χ2v) is 6.99. The number of nitrogens with zero attached hydrogens (tertiary/aromatic N) is 1. The number of rotatable bonds is 5.